The minimum absolute atomic E-state index is 0.158. The van der Waals surface area contributed by atoms with Crippen molar-refractivity contribution in [3.05, 3.63) is 41.5 Å². The fraction of sp³-hybridized carbons (Fsp3) is 0.273. The Morgan fingerprint density at radius 2 is 2.29 bits per heavy atom. The van der Waals surface area contributed by atoms with Gasteiger partial charge in [-0.15, -0.1) is 0 Å². The number of hydrogen-bond acceptors (Lipinski definition) is 5. The minimum Gasteiger partial charge on any atom is -0.494 e. The molecule has 0 spiro atoms. The van der Waals surface area contributed by atoms with Crippen molar-refractivity contribution >= 4 is 11.7 Å². The molecule has 1 aromatic heterocycles. The predicted molar refractivity (Wildman–Crippen MR) is 63.8 cm³/mol. The van der Waals surface area contributed by atoms with E-state index in [0.29, 0.717) is 0 Å². The van der Waals surface area contributed by atoms with Crippen molar-refractivity contribution in [2.24, 2.45) is 0 Å². The van der Waals surface area contributed by atoms with Crippen molar-refractivity contribution in [3.8, 4) is 5.75 Å². The molecule has 0 saturated heterocycles. The van der Waals surface area contributed by atoms with Gasteiger partial charge in [-0.2, -0.15) is 8.75 Å². The molecule has 1 atom stereocenters. The Balaban J connectivity index is 2.35. The number of hydrogen-bond donors (Lipinski definition) is 1. The average Bonchev–Trinajstić information content (AvgIpc) is 2.84. The monoisotopic (exact) mass is 253 g/mol. The van der Waals surface area contributed by atoms with E-state index in [1.54, 1.807) is 19.3 Å². The van der Waals surface area contributed by atoms with Gasteiger partial charge in [0, 0.05) is 0 Å². The van der Waals surface area contributed by atoms with E-state index in [2.05, 4.69) is 14.1 Å². The molecule has 0 fully saturated rings. The lowest BCUT2D eigenvalue weighted by molar-refractivity contribution is 0.386. The topological polar surface area (TPSA) is 47.0 Å². The van der Waals surface area contributed by atoms with Crippen LogP contribution in [0.3, 0.4) is 0 Å². The Labute approximate surface area is 103 Å². The summed E-state index contributed by atoms with van der Waals surface area (Å²) in [7, 11) is 3.24. The van der Waals surface area contributed by atoms with E-state index < -0.39 is 0 Å². The van der Waals surface area contributed by atoms with Crippen LogP contribution in [0, 0.1) is 5.82 Å². The summed E-state index contributed by atoms with van der Waals surface area (Å²) in [5.41, 5.74) is 1.57. The number of nitrogens with zero attached hydrogens (tertiary/aromatic N) is 2. The van der Waals surface area contributed by atoms with Crippen LogP contribution >= 0.6 is 11.7 Å². The van der Waals surface area contributed by atoms with Gasteiger partial charge in [-0.05, 0) is 24.7 Å². The minimum atomic E-state index is -0.381. The number of aromatic nitrogens is 2. The van der Waals surface area contributed by atoms with E-state index in [0.717, 1.165) is 23.0 Å². The first kappa shape index (κ1) is 11.9. The zero-order chi connectivity index (χ0) is 12.3. The highest BCUT2D eigenvalue weighted by Crippen LogP contribution is 2.25. The molecule has 0 bridgehead atoms. The summed E-state index contributed by atoms with van der Waals surface area (Å²) in [6.07, 6.45) is 1.67. The van der Waals surface area contributed by atoms with Gasteiger partial charge in [0.2, 0.25) is 0 Å². The van der Waals surface area contributed by atoms with Gasteiger partial charge in [0.25, 0.3) is 0 Å². The van der Waals surface area contributed by atoms with Crippen LogP contribution < -0.4 is 10.1 Å². The van der Waals surface area contributed by atoms with Crippen molar-refractivity contribution in [3.63, 3.8) is 0 Å². The number of nitrogens with one attached hydrogen (secondary N) is 1. The normalized spacial score (nSPS) is 12.4. The highest BCUT2D eigenvalue weighted by Gasteiger charge is 2.16. The van der Waals surface area contributed by atoms with Gasteiger partial charge in [0.1, 0.15) is 0 Å². The van der Waals surface area contributed by atoms with Gasteiger partial charge in [-0.25, -0.2) is 4.39 Å². The molecule has 17 heavy (non-hydrogen) atoms. The molecule has 0 aliphatic heterocycles. The average molecular weight is 253 g/mol. The highest BCUT2D eigenvalue weighted by molar-refractivity contribution is 6.99. The summed E-state index contributed by atoms with van der Waals surface area (Å²) in [4.78, 5) is 0. The van der Waals surface area contributed by atoms with Crippen LogP contribution in [0.15, 0.2) is 24.4 Å². The van der Waals surface area contributed by atoms with E-state index in [9.17, 15) is 4.39 Å². The summed E-state index contributed by atoms with van der Waals surface area (Å²) >= 11 is 1.13. The van der Waals surface area contributed by atoms with Crippen molar-refractivity contribution in [1.29, 1.82) is 0 Å². The second-order valence-electron chi connectivity index (χ2n) is 3.45. The molecular weight excluding hydrogens is 241 g/mol. The zero-order valence-corrected chi connectivity index (χ0v) is 10.3. The van der Waals surface area contributed by atoms with Crippen LogP contribution in [-0.4, -0.2) is 22.9 Å². The third-order valence-electron chi connectivity index (χ3n) is 2.47. The Morgan fingerprint density at radius 1 is 1.47 bits per heavy atom. The number of ether oxygens (including phenoxy) is 1. The van der Waals surface area contributed by atoms with Crippen LogP contribution in [0.25, 0.3) is 0 Å². The molecule has 4 nitrogen and oxygen atoms in total. The van der Waals surface area contributed by atoms with Crippen LogP contribution in [0.5, 0.6) is 5.75 Å². The van der Waals surface area contributed by atoms with Gasteiger partial charge in [-0.3, -0.25) is 0 Å². The largest absolute Gasteiger partial charge is 0.494 e. The van der Waals surface area contributed by atoms with Gasteiger partial charge < -0.3 is 10.1 Å². The lowest BCUT2D eigenvalue weighted by atomic mass is 10.0. The molecule has 0 radical (unpaired) electrons. The number of methoxy groups -OCH3 is 1. The number of halogens is 1. The maximum absolute atomic E-state index is 13.6. The van der Waals surface area contributed by atoms with Crippen molar-refractivity contribution in [2.45, 2.75) is 6.04 Å². The van der Waals surface area contributed by atoms with Crippen molar-refractivity contribution < 1.29 is 9.13 Å². The molecule has 2 aromatic rings. The van der Waals surface area contributed by atoms with Gasteiger partial charge >= 0.3 is 0 Å². The van der Waals surface area contributed by atoms with Crippen LogP contribution in [0.4, 0.5) is 4.39 Å². The van der Waals surface area contributed by atoms with E-state index >= 15 is 0 Å². The maximum Gasteiger partial charge on any atom is 0.165 e. The van der Waals surface area contributed by atoms with Gasteiger partial charge in [-0.1, -0.05) is 6.07 Å². The molecule has 0 aliphatic rings. The van der Waals surface area contributed by atoms with Gasteiger partial charge in [0.05, 0.1) is 36.8 Å². The lowest BCUT2D eigenvalue weighted by Crippen LogP contribution is -2.18. The van der Waals surface area contributed by atoms with E-state index in [-0.39, 0.29) is 17.6 Å². The summed E-state index contributed by atoms with van der Waals surface area (Å²) in [6, 6.07) is 4.70. The number of benzene rings is 1. The van der Waals surface area contributed by atoms with Crippen molar-refractivity contribution in [2.75, 3.05) is 14.2 Å². The predicted octanol–water partition coefficient (Wildman–Crippen LogP) is 1.99. The number of rotatable bonds is 4. The molecule has 1 N–H and O–H groups in total. The molecule has 90 valence electrons. The van der Waals surface area contributed by atoms with Crippen LogP contribution in [-0.2, 0) is 0 Å². The molecule has 0 saturated carbocycles. The second kappa shape index (κ2) is 5.20. The Hall–Kier alpha value is -1.53. The Kier molecular flexibility index (Phi) is 3.65. The molecule has 1 unspecified atom stereocenters. The second-order valence-corrected chi connectivity index (χ2v) is 4.00. The Bertz CT molecular complexity index is 489. The van der Waals surface area contributed by atoms with E-state index in [1.165, 1.54) is 13.2 Å². The Morgan fingerprint density at radius 3 is 2.82 bits per heavy atom. The first-order valence-electron chi connectivity index (χ1n) is 5.04. The third kappa shape index (κ3) is 2.42. The summed E-state index contributed by atoms with van der Waals surface area (Å²) in [5.74, 6) is -0.145. The summed E-state index contributed by atoms with van der Waals surface area (Å²) in [5, 5.41) is 3.08. The molecule has 2 rings (SSSR count). The molecule has 1 aromatic carbocycles. The third-order valence-corrected chi connectivity index (χ3v) is 2.96. The van der Waals surface area contributed by atoms with Crippen LogP contribution in [0.2, 0.25) is 0 Å². The highest BCUT2D eigenvalue weighted by atomic mass is 32.1. The maximum atomic E-state index is 13.6. The van der Waals surface area contributed by atoms with E-state index in [4.69, 9.17) is 4.74 Å². The molecule has 0 aliphatic carbocycles. The van der Waals surface area contributed by atoms with Crippen LogP contribution in [0.1, 0.15) is 17.3 Å². The molecule has 1 heterocycles. The molecule has 0 amide bonds. The lowest BCUT2D eigenvalue weighted by Gasteiger charge is -2.14. The first-order chi connectivity index (χ1) is 8.26. The smallest absolute Gasteiger partial charge is 0.165 e. The summed E-state index contributed by atoms with van der Waals surface area (Å²) < 4.78 is 26.6. The fourth-order valence-corrected chi connectivity index (χ4v) is 2.10. The quantitative estimate of drug-likeness (QED) is 0.905. The molecular formula is C11H12FN3OS. The van der Waals surface area contributed by atoms with Crippen molar-refractivity contribution in [1.82, 2.24) is 14.1 Å². The zero-order valence-electron chi connectivity index (χ0n) is 9.48. The first-order valence-corrected chi connectivity index (χ1v) is 5.77. The molecule has 6 heteroatoms. The van der Waals surface area contributed by atoms with E-state index in [1.807, 2.05) is 6.07 Å². The standard InChI is InChI=1S/C11H12FN3OS/c1-13-11(9-6-14-17-15-9)7-3-4-10(16-2)8(12)5-7/h3-6,11,13H,1-2H3. The van der Waals surface area contributed by atoms with Gasteiger partial charge in [0.15, 0.2) is 11.6 Å². The SMILES string of the molecule is CNC(c1ccc(OC)c(F)c1)c1cnsn1. The summed E-state index contributed by atoms with van der Waals surface area (Å²) in [6.45, 7) is 0. The fourth-order valence-electron chi connectivity index (χ4n) is 1.65.